The molecule has 0 bridgehead atoms. The first-order valence-electron chi connectivity index (χ1n) is 5.92. The van der Waals surface area contributed by atoms with E-state index >= 15 is 0 Å². The molecule has 0 aliphatic heterocycles. The first-order chi connectivity index (χ1) is 9.05. The lowest BCUT2D eigenvalue weighted by molar-refractivity contribution is 0.581. The van der Waals surface area contributed by atoms with E-state index in [0.29, 0.717) is 23.7 Å². The minimum Gasteiger partial charge on any atom is -0.372 e. The fourth-order valence-corrected chi connectivity index (χ4v) is 2.16. The van der Waals surface area contributed by atoms with Gasteiger partial charge in [-0.3, -0.25) is 0 Å². The van der Waals surface area contributed by atoms with Crippen LogP contribution in [0, 0.1) is 0 Å². The second-order valence-electron chi connectivity index (χ2n) is 3.90. The molecule has 0 spiro atoms. The van der Waals surface area contributed by atoms with E-state index in [2.05, 4.69) is 25.3 Å². The quantitative estimate of drug-likeness (QED) is 0.751. The van der Waals surface area contributed by atoms with Crippen molar-refractivity contribution >= 4 is 21.5 Å². The van der Waals surface area contributed by atoms with Crippen LogP contribution in [0.25, 0.3) is 5.65 Å². The minimum absolute atomic E-state index is 0.0652. The van der Waals surface area contributed by atoms with Gasteiger partial charge in [0.15, 0.2) is 11.5 Å². The van der Waals surface area contributed by atoms with E-state index in [0.717, 1.165) is 0 Å². The van der Waals surface area contributed by atoms with Crippen molar-refractivity contribution in [2.75, 3.05) is 24.7 Å². The van der Waals surface area contributed by atoms with Crippen LogP contribution in [0.2, 0.25) is 0 Å². The highest BCUT2D eigenvalue weighted by molar-refractivity contribution is 7.89. The number of nitrogens with zero attached hydrogens (tertiary/aromatic N) is 4. The fraction of sp³-hybridized carbons (Fsp3) is 0.500. The van der Waals surface area contributed by atoms with Crippen molar-refractivity contribution in [2.24, 2.45) is 0 Å². The van der Waals surface area contributed by atoms with Crippen LogP contribution >= 0.6 is 0 Å². The van der Waals surface area contributed by atoms with E-state index < -0.39 is 10.0 Å². The summed E-state index contributed by atoms with van der Waals surface area (Å²) in [5, 5.41) is 15.2. The molecule has 2 heterocycles. The number of hydrogen-bond donors (Lipinski definition) is 2. The Morgan fingerprint density at radius 2 is 2.11 bits per heavy atom. The second-order valence-corrected chi connectivity index (χ2v) is 6.00. The first kappa shape index (κ1) is 13.7. The molecule has 0 aliphatic rings. The summed E-state index contributed by atoms with van der Waals surface area (Å²) in [6.07, 6.45) is 0.431. The normalized spacial score (nSPS) is 11.9. The molecule has 9 heteroatoms. The van der Waals surface area contributed by atoms with Gasteiger partial charge in [-0.15, -0.1) is 15.3 Å². The predicted octanol–water partition coefficient (Wildman–Crippen LogP) is -0.352. The number of anilines is 1. The average Bonchev–Trinajstić information content (AvgIpc) is 2.81. The van der Waals surface area contributed by atoms with Crippen LogP contribution in [0.1, 0.15) is 12.7 Å². The third-order valence-corrected chi connectivity index (χ3v) is 4.04. The van der Waals surface area contributed by atoms with Crippen LogP contribution in [0.5, 0.6) is 0 Å². The molecule has 0 aromatic carbocycles. The Hall–Kier alpha value is -1.74. The monoisotopic (exact) mass is 284 g/mol. The average molecular weight is 284 g/mol. The highest BCUT2D eigenvalue weighted by Gasteiger charge is 2.10. The van der Waals surface area contributed by atoms with Gasteiger partial charge >= 0.3 is 0 Å². The van der Waals surface area contributed by atoms with Crippen LogP contribution in [0.15, 0.2) is 12.1 Å². The Morgan fingerprint density at radius 3 is 2.79 bits per heavy atom. The number of rotatable bonds is 6. The van der Waals surface area contributed by atoms with Gasteiger partial charge in [0.05, 0.1) is 5.75 Å². The third-order valence-electron chi connectivity index (χ3n) is 2.63. The summed E-state index contributed by atoms with van der Waals surface area (Å²) in [7, 11) is -1.41. The van der Waals surface area contributed by atoms with Gasteiger partial charge < -0.3 is 5.32 Å². The van der Waals surface area contributed by atoms with Crippen LogP contribution in [0.4, 0.5) is 5.82 Å². The Bertz CT molecular complexity index is 666. The second kappa shape index (κ2) is 5.49. The van der Waals surface area contributed by atoms with Crippen molar-refractivity contribution in [3.05, 3.63) is 18.0 Å². The lowest BCUT2D eigenvalue weighted by Crippen LogP contribution is -2.27. The zero-order chi connectivity index (χ0) is 13.9. The Balaban J connectivity index is 2.12. The summed E-state index contributed by atoms with van der Waals surface area (Å²) < 4.78 is 26.7. The van der Waals surface area contributed by atoms with E-state index in [1.165, 1.54) is 0 Å². The molecular formula is C10H16N6O2S. The van der Waals surface area contributed by atoms with Gasteiger partial charge in [0.2, 0.25) is 10.0 Å². The minimum atomic E-state index is -3.18. The first-order valence-corrected chi connectivity index (χ1v) is 7.57. The fourth-order valence-electron chi connectivity index (χ4n) is 1.54. The highest BCUT2D eigenvalue weighted by Crippen LogP contribution is 2.06. The molecule has 0 aliphatic carbocycles. The largest absolute Gasteiger partial charge is 0.372 e. The summed E-state index contributed by atoms with van der Waals surface area (Å²) >= 11 is 0. The molecule has 2 N–H and O–H groups in total. The Morgan fingerprint density at radius 1 is 1.32 bits per heavy atom. The van der Waals surface area contributed by atoms with Crippen molar-refractivity contribution in [3.63, 3.8) is 0 Å². The van der Waals surface area contributed by atoms with Gasteiger partial charge in [-0.25, -0.2) is 13.1 Å². The van der Waals surface area contributed by atoms with E-state index in [1.54, 1.807) is 30.6 Å². The molecular weight excluding hydrogens is 268 g/mol. The smallest absolute Gasteiger partial charge is 0.211 e. The maximum Gasteiger partial charge on any atom is 0.211 e. The Kier molecular flexibility index (Phi) is 3.96. The molecule has 104 valence electrons. The summed E-state index contributed by atoms with van der Waals surface area (Å²) in [5.74, 6) is 1.38. The highest BCUT2D eigenvalue weighted by atomic mass is 32.2. The van der Waals surface area contributed by atoms with Crippen LogP contribution in [-0.4, -0.2) is 47.6 Å². The van der Waals surface area contributed by atoms with E-state index in [9.17, 15) is 8.42 Å². The molecule has 19 heavy (non-hydrogen) atoms. The molecule has 2 rings (SSSR count). The molecule has 2 aromatic rings. The molecule has 8 nitrogen and oxygen atoms in total. The van der Waals surface area contributed by atoms with Crippen molar-refractivity contribution in [1.29, 1.82) is 0 Å². The number of nitrogens with one attached hydrogen (secondary N) is 2. The summed E-state index contributed by atoms with van der Waals surface area (Å²) in [6.45, 7) is 1.87. The molecule has 0 saturated heterocycles. The SMILES string of the molecule is CCS(=O)(=O)NCCc1nnc2ccc(NC)nn12. The van der Waals surface area contributed by atoms with Gasteiger partial charge in [0, 0.05) is 20.0 Å². The number of fused-ring (bicyclic) bond motifs is 1. The van der Waals surface area contributed by atoms with Crippen LogP contribution < -0.4 is 10.0 Å². The zero-order valence-electron chi connectivity index (χ0n) is 10.8. The third kappa shape index (κ3) is 3.18. The van der Waals surface area contributed by atoms with Crippen molar-refractivity contribution in [3.8, 4) is 0 Å². The van der Waals surface area contributed by atoms with E-state index in [1.807, 2.05) is 0 Å². The Labute approximate surface area is 111 Å². The molecule has 2 aromatic heterocycles. The maximum atomic E-state index is 11.3. The summed E-state index contributed by atoms with van der Waals surface area (Å²) in [5.41, 5.74) is 0.632. The number of sulfonamides is 1. The molecule has 0 radical (unpaired) electrons. The maximum absolute atomic E-state index is 11.3. The zero-order valence-corrected chi connectivity index (χ0v) is 11.6. The number of aromatic nitrogens is 4. The lowest BCUT2D eigenvalue weighted by atomic mass is 10.4. The van der Waals surface area contributed by atoms with Crippen LogP contribution in [0.3, 0.4) is 0 Å². The van der Waals surface area contributed by atoms with Gasteiger partial charge in [-0.05, 0) is 19.1 Å². The molecule has 0 saturated carbocycles. The summed E-state index contributed by atoms with van der Waals surface area (Å²) in [4.78, 5) is 0. The van der Waals surface area contributed by atoms with Crippen LogP contribution in [-0.2, 0) is 16.4 Å². The van der Waals surface area contributed by atoms with Gasteiger partial charge in [-0.1, -0.05) is 0 Å². The van der Waals surface area contributed by atoms with Gasteiger partial charge in [0.25, 0.3) is 0 Å². The van der Waals surface area contributed by atoms with E-state index in [-0.39, 0.29) is 12.3 Å². The topological polar surface area (TPSA) is 101 Å². The van der Waals surface area contributed by atoms with Crippen molar-refractivity contribution < 1.29 is 8.42 Å². The molecule has 0 unspecified atom stereocenters. The molecule has 0 amide bonds. The molecule has 0 fully saturated rings. The predicted molar refractivity (Wildman–Crippen MR) is 71.5 cm³/mol. The number of hydrogen-bond acceptors (Lipinski definition) is 6. The summed E-state index contributed by atoms with van der Waals surface area (Å²) in [6, 6.07) is 3.60. The van der Waals surface area contributed by atoms with E-state index in [4.69, 9.17) is 0 Å². The van der Waals surface area contributed by atoms with Crippen molar-refractivity contribution in [2.45, 2.75) is 13.3 Å². The lowest BCUT2D eigenvalue weighted by Gasteiger charge is -2.04. The van der Waals surface area contributed by atoms with Gasteiger partial charge in [0.1, 0.15) is 5.82 Å². The molecule has 0 atom stereocenters. The van der Waals surface area contributed by atoms with Gasteiger partial charge in [-0.2, -0.15) is 4.52 Å². The van der Waals surface area contributed by atoms with Crippen molar-refractivity contribution in [1.82, 2.24) is 24.5 Å². The standard InChI is InChI=1S/C10H16N6O2S/c1-3-19(17,18)12-7-6-10-14-13-9-5-4-8(11-2)15-16(9)10/h4-5,12H,3,6-7H2,1-2H3,(H,11,15).